The van der Waals surface area contributed by atoms with E-state index in [9.17, 15) is 5.26 Å². The van der Waals surface area contributed by atoms with E-state index in [2.05, 4.69) is 66.3 Å². The van der Waals surface area contributed by atoms with Gasteiger partial charge in [-0.2, -0.15) is 5.26 Å². The van der Waals surface area contributed by atoms with E-state index in [1.165, 1.54) is 56.9 Å². The molecule has 4 saturated carbocycles. The van der Waals surface area contributed by atoms with Gasteiger partial charge in [-0.15, -0.1) is 0 Å². The minimum Gasteiger partial charge on any atom is -0.192 e. The Labute approximate surface area is 202 Å². The molecule has 0 aromatic carbocycles. The molecule has 7 unspecified atom stereocenters. The van der Waals surface area contributed by atoms with Crippen LogP contribution in [0.5, 0.6) is 0 Å². The van der Waals surface area contributed by atoms with E-state index in [0.717, 1.165) is 17.1 Å². The van der Waals surface area contributed by atoms with Crippen molar-refractivity contribution in [2.45, 2.75) is 92.9 Å². The number of allylic oxidation sites excluding steroid dienone is 6. The molecule has 6 rings (SSSR count). The van der Waals surface area contributed by atoms with Crippen molar-refractivity contribution in [3.8, 4) is 6.07 Å². The van der Waals surface area contributed by atoms with Crippen molar-refractivity contribution in [2.24, 2.45) is 50.2 Å². The molecule has 1 heteroatoms. The Morgan fingerprint density at radius 2 is 1.67 bits per heavy atom. The fraction of sp³-hybridized carbons (Fsp3) is 0.719. The molecule has 4 fully saturated rings. The Kier molecular flexibility index (Phi) is 3.98. The Morgan fingerprint density at radius 1 is 0.970 bits per heavy atom. The van der Waals surface area contributed by atoms with Gasteiger partial charge >= 0.3 is 0 Å². The largest absolute Gasteiger partial charge is 0.192 e. The van der Waals surface area contributed by atoms with Crippen molar-refractivity contribution in [3.63, 3.8) is 0 Å². The first kappa shape index (κ1) is 21.9. The number of hydrogen-bond donors (Lipinski definition) is 0. The molecule has 176 valence electrons. The van der Waals surface area contributed by atoms with Crippen molar-refractivity contribution in [2.75, 3.05) is 0 Å². The second kappa shape index (κ2) is 5.98. The molecule has 1 nitrogen and oxygen atoms in total. The molecule has 0 aliphatic heterocycles. The lowest BCUT2D eigenvalue weighted by Gasteiger charge is -2.64. The molecule has 6 aliphatic carbocycles. The molecule has 2 spiro atoms. The lowest BCUT2D eigenvalue weighted by Crippen LogP contribution is -2.57. The summed E-state index contributed by atoms with van der Waals surface area (Å²) in [7, 11) is 0. The van der Waals surface area contributed by atoms with Crippen LogP contribution in [0, 0.1) is 61.6 Å². The van der Waals surface area contributed by atoms with Gasteiger partial charge in [0.05, 0.1) is 11.6 Å². The molecule has 0 aromatic rings. The van der Waals surface area contributed by atoms with Crippen molar-refractivity contribution in [3.05, 3.63) is 47.6 Å². The molecule has 6 aliphatic rings. The third kappa shape index (κ3) is 2.13. The first-order valence-corrected chi connectivity index (χ1v) is 13.6. The maximum atomic E-state index is 10.1. The summed E-state index contributed by atoms with van der Waals surface area (Å²) in [4.78, 5) is 0. The van der Waals surface area contributed by atoms with Gasteiger partial charge in [-0.3, -0.25) is 0 Å². The lowest BCUT2D eigenvalue weighted by molar-refractivity contribution is -0.122. The Hall–Kier alpha value is -1.55. The molecule has 0 heterocycles. The maximum absolute atomic E-state index is 10.1. The molecule has 7 atom stereocenters. The lowest BCUT2D eigenvalue weighted by atomic mass is 9.40. The molecule has 0 bridgehead atoms. The van der Waals surface area contributed by atoms with Crippen molar-refractivity contribution >= 4 is 0 Å². The molecule has 0 radical (unpaired) electrons. The minimum absolute atomic E-state index is 0.0199. The highest BCUT2D eigenvalue weighted by Gasteiger charge is 2.85. The summed E-state index contributed by atoms with van der Waals surface area (Å²) in [5.74, 6) is 1.95. The predicted molar refractivity (Wildman–Crippen MR) is 136 cm³/mol. The fourth-order valence-electron chi connectivity index (χ4n) is 11.0. The van der Waals surface area contributed by atoms with Gasteiger partial charge in [0.1, 0.15) is 0 Å². The van der Waals surface area contributed by atoms with Gasteiger partial charge in [-0.05, 0) is 95.5 Å². The standard InChI is InChI=1S/C32H43N/c1-9-30-12-10-24-29(8,26(30)18-27(4,5)14-15-30)20(2)16-25-31(24)13-11-23-28(6,7)21(3)22(19-33)17-32(23,25)31/h16-17,23-24,26H,2-3,9-15,18H2,1,4-8H3. The first-order chi connectivity index (χ1) is 15.4. The van der Waals surface area contributed by atoms with Gasteiger partial charge in [-0.1, -0.05) is 78.8 Å². The highest BCUT2D eigenvalue weighted by molar-refractivity contribution is 5.67. The van der Waals surface area contributed by atoms with Gasteiger partial charge < -0.3 is 0 Å². The summed E-state index contributed by atoms with van der Waals surface area (Å²) in [5.41, 5.74) is 6.37. The van der Waals surface area contributed by atoms with Gasteiger partial charge in [-0.25, -0.2) is 0 Å². The van der Waals surface area contributed by atoms with Crippen molar-refractivity contribution in [1.29, 1.82) is 5.26 Å². The Balaban J connectivity index is 1.54. The average Bonchev–Trinajstić information content (AvgIpc) is 3.12. The van der Waals surface area contributed by atoms with E-state index in [1.807, 2.05) is 0 Å². The molecule has 0 N–H and O–H groups in total. The van der Waals surface area contributed by atoms with E-state index in [1.54, 1.807) is 5.57 Å². The van der Waals surface area contributed by atoms with Crippen LogP contribution in [0.4, 0.5) is 0 Å². The first-order valence-electron chi connectivity index (χ1n) is 13.6. The van der Waals surface area contributed by atoms with E-state index in [4.69, 9.17) is 6.58 Å². The molecule has 0 saturated heterocycles. The quantitative estimate of drug-likeness (QED) is 0.400. The van der Waals surface area contributed by atoms with Crippen LogP contribution in [0.1, 0.15) is 92.9 Å². The van der Waals surface area contributed by atoms with E-state index >= 15 is 0 Å². The molecule has 0 aromatic heterocycles. The highest BCUT2D eigenvalue weighted by Crippen LogP contribution is 2.92. The topological polar surface area (TPSA) is 23.8 Å². The predicted octanol–water partition coefficient (Wildman–Crippen LogP) is 8.56. The smallest absolute Gasteiger partial charge is 0.0991 e. The van der Waals surface area contributed by atoms with Crippen molar-refractivity contribution < 1.29 is 0 Å². The van der Waals surface area contributed by atoms with Crippen LogP contribution in [0.2, 0.25) is 0 Å². The van der Waals surface area contributed by atoms with Crippen LogP contribution < -0.4 is 0 Å². The summed E-state index contributed by atoms with van der Waals surface area (Å²) in [6, 6.07) is 2.56. The third-order valence-corrected chi connectivity index (χ3v) is 12.9. The SMILES string of the molecule is C=C1C(C#N)=CC23C4=CC(=C)C5(C)C6CC(C)(C)CCC6(CC)CCC5C42CCC3C1(C)C. The zero-order valence-electron chi connectivity index (χ0n) is 21.9. The number of fused-ring (bicyclic) bond motifs is 3. The van der Waals surface area contributed by atoms with Crippen molar-refractivity contribution in [1.82, 2.24) is 0 Å². The van der Waals surface area contributed by atoms with E-state index in [0.29, 0.717) is 22.7 Å². The third-order valence-electron chi connectivity index (χ3n) is 12.9. The van der Waals surface area contributed by atoms with Crippen LogP contribution in [0.15, 0.2) is 47.6 Å². The van der Waals surface area contributed by atoms with Gasteiger partial charge in [0, 0.05) is 10.8 Å². The second-order valence-electron chi connectivity index (χ2n) is 14.4. The number of hydrogen-bond acceptors (Lipinski definition) is 1. The van der Waals surface area contributed by atoms with E-state index in [-0.39, 0.29) is 21.7 Å². The summed E-state index contributed by atoms with van der Waals surface area (Å²) in [5, 5.41) is 10.1. The molecular weight excluding hydrogens is 398 g/mol. The zero-order chi connectivity index (χ0) is 23.8. The Morgan fingerprint density at radius 3 is 2.33 bits per heavy atom. The average molecular weight is 442 g/mol. The second-order valence-corrected chi connectivity index (χ2v) is 14.4. The molecule has 0 amide bonds. The molecule has 33 heavy (non-hydrogen) atoms. The summed E-state index contributed by atoms with van der Waals surface area (Å²) >= 11 is 0. The van der Waals surface area contributed by atoms with Crippen LogP contribution in [0.3, 0.4) is 0 Å². The van der Waals surface area contributed by atoms with Gasteiger partial charge in [0.25, 0.3) is 0 Å². The zero-order valence-corrected chi connectivity index (χ0v) is 21.9. The normalized spacial score (nSPS) is 50.5. The fourth-order valence-corrected chi connectivity index (χ4v) is 11.0. The van der Waals surface area contributed by atoms with E-state index < -0.39 is 0 Å². The van der Waals surface area contributed by atoms with Crippen LogP contribution in [-0.2, 0) is 0 Å². The van der Waals surface area contributed by atoms with Crippen LogP contribution in [0.25, 0.3) is 0 Å². The summed E-state index contributed by atoms with van der Waals surface area (Å²) in [6.07, 6.45) is 15.7. The molecular formula is C32H43N. The monoisotopic (exact) mass is 441 g/mol. The number of nitrogens with zero attached hydrogens (tertiary/aromatic N) is 1. The van der Waals surface area contributed by atoms with Crippen LogP contribution >= 0.6 is 0 Å². The Bertz CT molecular complexity index is 1090. The van der Waals surface area contributed by atoms with Gasteiger partial charge in [0.15, 0.2) is 0 Å². The minimum atomic E-state index is -0.0199. The number of nitriles is 1. The highest BCUT2D eigenvalue weighted by atomic mass is 14.9. The summed E-state index contributed by atoms with van der Waals surface area (Å²) < 4.78 is 0. The van der Waals surface area contributed by atoms with Gasteiger partial charge in [0.2, 0.25) is 0 Å². The maximum Gasteiger partial charge on any atom is 0.0991 e. The van der Waals surface area contributed by atoms with Crippen LogP contribution in [-0.4, -0.2) is 0 Å². The summed E-state index contributed by atoms with van der Waals surface area (Å²) in [6.45, 7) is 24.0. The number of rotatable bonds is 1.